The average Bonchev–Trinajstić information content (AvgIpc) is 2.59. The second kappa shape index (κ2) is 7.66. The minimum Gasteiger partial charge on any atom is -0.466 e. The van der Waals surface area contributed by atoms with Crippen LogP contribution in [-0.2, 0) is 14.3 Å². The molecule has 0 unspecified atom stereocenters. The van der Waals surface area contributed by atoms with E-state index in [1.54, 1.807) is 31.5 Å². The van der Waals surface area contributed by atoms with E-state index in [0.717, 1.165) is 11.8 Å². The number of hydrogen-bond acceptors (Lipinski definition) is 7. The lowest BCUT2D eigenvalue weighted by molar-refractivity contribution is -0.136. The Morgan fingerprint density at radius 1 is 1.54 bits per heavy atom. The molecule has 1 atom stereocenters. The predicted molar refractivity (Wildman–Crippen MR) is 89.1 cm³/mol. The number of nitrogens with one attached hydrogen (secondary N) is 1. The summed E-state index contributed by atoms with van der Waals surface area (Å²) >= 11 is 1.13. The summed E-state index contributed by atoms with van der Waals surface area (Å²) in [4.78, 5) is 27.4. The molecule has 7 nitrogen and oxygen atoms in total. The molecule has 24 heavy (non-hydrogen) atoms. The number of nitrogens with two attached hydrogens (primary N) is 1. The Bertz CT molecular complexity index is 765. The third-order valence-corrected chi connectivity index (χ3v) is 4.47. The van der Waals surface area contributed by atoms with Gasteiger partial charge in [0, 0.05) is 18.1 Å². The minimum absolute atomic E-state index is 0.0219. The molecule has 2 rings (SSSR count). The van der Waals surface area contributed by atoms with Crippen LogP contribution in [-0.4, -0.2) is 29.7 Å². The van der Waals surface area contributed by atoms with E-state index < -0.39 is 17.8 Å². The Morgan fingerprint density at radius 2 is 2.29 bits per heavy atom. The lowest BCUT2D eigenvalue weighted by Crippen LogP contribution is -2.29. The van der Waals surface area contributed by atoms with E-state index in [2.05, 4.69) is 16.4 Å². The molecule has 0 aromatic carbocycles. The van der Waals surface area contributed by atoms with E-state index >= 15 is 0 Å². The first-order valence-electron chi connectivity index (χ1n) is 7.01. The summed E-state index contributed by atoms with van der Waals surface area (Å²) in [6.45, 7) is 1.72. The third kappa shape index (κ3) is 3.58. The number of carbonyl (C=O) groups excluding carboxylic acids is 2. The van der Waals surface area contributed by atoms with Crippen molar-refractivity contribution < 1.29 is 14.3 Å². The Balaban J connectivity index is 2.57. The highest BCUT2D eigenvalue weighted by Gasteiger charge is 2.35. The number of amides is 1. The summed E-state index contributed by atoms with van der Waals surface area (Å²) in [6, 6.07) is 5.64. The SMILES string of the molecule is COC(=O)C1=C(C)NC(SCC(N)=O)=C(C#N)[C@H]1c1cccnc1. The van der Waals surface area contributed by atoms with Crippen molar-refractivity contribution in [3.8, 4) is 6.07 Å². The van der Waals surface area contributed by atoms with Gasteiger partial charge < -0.3 is 15.8 Å². The standard InChI is InChI=1S/C16H16N4O3S/c1-9-13(16(22)23-2)14(10-4-3-5-19-7-10)11(6-17)15(20-9)24-8-12(18)21/h3-5,7,14,20H,8H2,1-2H3,(H2,18,21)/t14-/m1/s1. The monoisotopic (exact) mass is 344 g/mol. The molecule has 1 aromatic heterocycles. The van der Waals surface area contributed by atoms with Gasteiger partial charge in [0.05, 0.1) is 41.0 Å². The number of esters is 1. The fourth-order valence-corrected chi connectivity index (χ4v) is 3.26. The average molecular weight is 344 g/mol. The Hall–Kier alpha value is -2.79. The first-order chi connectivity index (χ1) is 11.5. The van der Waals surface area contributed by atoms with Crippen molar-refractivity contribution in [2.75, 3.05) is 12.9 Å². The van der Waals surface area contributed by atoms with E-state index in [9.17, 15) is 14.9 Å². The molecule has 0 saturated heterocycles. The maximum absolute atomic E-state index is 12.2. The Kier molecular flexibility index (Phi) is 5.60. The van der Waals surface area contributed by atoms with Gasteiger partial charge in [-0.15, -0.1) is 0 Å². The van der Waals surface area contributed by atoms with Gasteiger partial charge in [-0.25, -0.2) is 4.79 Å². The maximum Gasteiger partial charge on any atom is 0.336 e. The highest BCUT2D eigenvalue weighted by molar-refractivity contribution is 8.03. The summed E-state index contributed by atoms with van der Waals surface area (Å²) in [6.07, 6.45) is 3.21. The number of pyridine rings is 1. The molecule has 0 aliphatic carbocycles. The van der Waals surface area contributed by atoms with Crippen LogP contribution < -0.4 is 11.1 Å². The number of dihydropyridines is 1. The largest absolute Gasteiger partial charge is 0.466 e. The van der Waals surface area contributed by atoms with Crippen LogP contribution in [0.1, 0.15) is 18.4 Å². The second-order valence-electron chi connectivity index (χ2n) is 4.98. The molecule has 124 valence electrons. The van der Waals surface area contributed by atoms with Crippen LogP contribution in [0.25, 0.3) is 0 Å². The van der Waals surface area contributed by atoms with Crippen LogP contribution in [0.15, 0.2) is 46.4 Å². The van der Waals surface area contributed by atoms with Crippen LogP contribution in [0, 0.1) is 11.3 Å². The van der Waals surface area contributed by atoms with Crippen LogP contribution in [0.3, 0.4) is 0 Å². The Labute approximate surface area is 143 Å². The van der Waals surface area contributed by atoms with Crippen molar-refractivity contribution in [3.05, 3.63) is 52.0 Å². The summed E-state index contributed by atoms with van der Waals surface area (Å²) in [5.74, 6) is -1.62. The molecular weight excluding hydrogens is 328 g/mol. The van der Waals surface area contributed by atoms with Gasteiger partial charge in [-0.3, -0.25) is 9.78 Å². The van der Waals surface area contributed by atoms with Crippen molar-refractivity contribution in [2.45, 2.75) is 12.8 Å². The quantitative estimate of drug-likeness (QED) is 0.770. The number of primary amides is 1. The Morgan fingerprint density at radius 3 is 2.83 bits per heavy atom. The van der Waals surface area contributed by atoms with Gasteiger partial charge in [0.2, 0.25) is 5.91 Å². The smallest absolute Gasteiger partial charge is 0.336 e. The minimum atomic E-state index is -0.618. The molecule has 2 heterocycles. The highest BCUT2D eigenvalue weighted by atomic mass is 32.2. The molecular formula is C16H16N4O3S. The van der Waals surface area contributed by atoms with Gasteiger partial charge in [-0.1, -0.05) is 17.8 Å². The van der Waals surface area contributed by atoms with E-state index in [1.165, 1.54) is 7.11 Å². The van der Waals surface area contributed by atoms with E-state index in [4.69, 9.17) is 10.5 Å². The highest BCUT2D eigenvalue weighted by Crippen LogP contribution is 2.40. The molecule has 1 amide bonds. The number of nitrogens with zero attached hydrogens (tertiary/aromatic N) is 2. The summed E-state index contributed by atoms with van der Waals surface area (Å²) in [5.41, 5.74) is 7.09. The zero-order valence-electron chi connectivity index (χ0n) is 13.2. The molecule has 0 fully saturated rings. The molecule has 1 aliphatic heterocycles. The van der Waals surface area contributed by atoms with Gasteiger partial charge >= 0.3 is 5.97 Å². The van der Waals surface area contributed by atoms with Crippen molar-refractivity contribution in [1.82, 2.24) is 10.3 Å². The van der Waals surface area contributed by atoms with Crippen LogP contribution in [0.2, 0.25) is 0 Å². The normalized spacial score (nSPS) is 17.1. The number of hydrogen-bond donors (Lipinski definition) is 2. The summed E-state index contributed by atoms with van der Waals surface area (Å²) < 4.78 is 4.87. The number of aromatic nitrogens is 1. The van der Waals surface area contributed by atoms with Gasteiger partial charge in [-0.05, 0) is 18.6 Å². The lowest BCUT2D eigenvalue weighted by Gasteiger charge is -2.28. The molecule has 0 spiro atoms. The van der Waals surface area contributed by atoms with Gasteiger partial charge in [0.15, 0.2) is 0 Å². The number of methoxy groups -OCH3 is 1. The third-order valence-electron chi connectivity index (χ3n) is 3.43. The molecule has 0 bridgehead atoms. The lowest BCUT2D eigenvalue weighted by atomic mass is 9.83. The summed E-state index contributed by atoms with van der Waals surface area (Å²) in [5, 5.41) is 13.1. The van der Waals surface area contributed by atoms with Crippen molar-refractivity contribution in [2.24, 2.45) is 5.73 Å². The van der Waals surface area contributed by atoms with E-state index in [0.29, 0.717) is 27.4 Å². The fraction of sp³-hybridized carbons (Fsp3) is 0.250. The van der Waals surface area contributed by atoms with Crippen molar-refractivity contribution in [3.63, 3.8) is 0 Å². The first kappa shape index (κ1) is 17.6. The van der Waals surface area contributed by atoms with E-state index in [-0.39, 0.29) is 5.75 Å². The molecule has 0 radical (unpaired) electrons. The zero-order chi connectivity index (χ0) is 17.7. The van der Waals surface area contributed by atoms with Gasteiger partial charge in [0.1, 0.15) is 0 Å². The number of thioether (sulfide) groups is 1. The number of carbonyl (C=O) groups is 2. The van der Waals surface area contributed by atoms with Crippen molar-refractivity contribution >= 4 is 23.6 Å². The molecule has 8 heteroatoms. The first-order valence-corrected chi connectivity index (χ1v) is 7.99. The number of rotatable bonds is 5. The topological polar surface area (TPSA) is 118 Å². The van der Waals surface area contributed by atoms with Crippen LogP contribution in [0.4, 0.5) is 0 Å². The predicted octanol–water partition coefficient (Wildman–Crippen LogP) is 1.17. The van der Waals surface area contributed by atoms with Crippen LogP contribution in [0.5, 0.6) is 0 Å². The second-order valence-corrected chi connectivity index (χ2v) is 5.97. The maximum atomic E-state index is 12.2. The molecule has 0 saturated carbocycles. The number of nitriles is 1. The zero-order valence-corrected chi connectivity index (χ0v) is 14.0. The van der Waals surface area contributed by atoms with Gasteiger partial charge in [-0.2, -0.15) is 5.26 Å². The molecule has 3 N–H and O–H groups in total. The fourth-order valence-electron chi connectivity index (χ4n) is 2.43. The number of ether oxygens (including phenoxy) is 1. The number of allylic oxidation sites excluding steroid dienone is 2. The summed E-state index contributed by atoms with van der Waals surface area (Å²) in [7, 11) is 1.29. The van der Waals surface area contributed by atoms with Gasteiger partial charge in [0.25, 0.3) is 0 Å². The molecule has 1 aliphatic rings. The van der Waals surface area contributed by atoms with Crippen molar-refractivity contribution in [1.29, 1.82) is 5.26 Å². The molecule has 1 aromatic rings. The van der Waals surface area contributed by atoms with Crippen LogP contribution >= 0.6 is 11.8 Å². The van der Waals surface area contributed by atoms with E-state index in [1.807, 2.05) is 0 Å².